The van der Waals surface area contributed by atoms with E-state index in [1.807, 2.05) is 70.1 Å². The highest BCUT2D eigenvalue weighted by Gasteiger charge is 1.98. The lowest BCUT2D eigenvalue weighted by Crippen LogP contribution is -2.19. The fourth-order valence-electron chi connectivity index (χ4n) is 3.02. The number of ether oxygens (including phenoxy) is 4. The summed E-state index contributed by atoms with van der Waals surface area (Å²) in [5.74, 6) is 5.77. The Morgan fingerprint density at radius 3 is 1.29 bits per heavy atom. The second-order valence-corrected chi connectivity index (χ2v) is 10.3. The van der Waals surface area contributed by atoms with Crippen molar-refractivity contribution in [2.24, 2.45) is 0 Å². The molecule has 0 atom stereocenters. The van der Waals surface area contributed by atoms with Gasteiger partial charge in [0.2, 0.25) is 0 Å². The van der Waals surface area contributed by atoms with E-state index in [1.54, 1.807) is 14.2 Å². The zero-order chi connectivity index (χ0) is 24.1. The predicted octanol–water partition coefficient (Wildman–Crippen LogP) is 5.28. The van der Waals surface area contributed by atoms with E-state index >= 15 is 0 Å². The van der Waals surface area contributed by atoms with Gasteiger partial charge in [-0.25, -0.2) is 0 Å². The monoisotopic (exact) mass is 508 g/mol. The summed E-state index contributed by atoms with van der Waals surface area (Å²) in [7, 11) is 7.23. The molecule has 6 nitrogen and oxygen atoms in total. The van der Waals surface area contributed by atoms with Gasteiger partial charge in [0, 0.05) is 24.6 Å². The molecule has 34 heavy (non-hydrogen) atoms. The lowest BCUT2D eigenvalue weighted by molar-refractivity contribution is 0.305. The van der Waals surface area contributed by atoms with Gasteiger partial charge in [-0.15, -0.1) is 0 Å². The summed E-state index contributed by atoms with van der Waals surface area (Å²) in [6.45, 7) is 5.70. The molecule has 0 aliphatic heterocycles. The second kappa shape index (κ2) is 19.6. The molecule has 0 saturated carbocycles. The van der Waals surface area contributed by atoms with Gasteiger partial charge >= 0.3 is 0 Å². The van der Waals surface area contributed by atoms with Crippen molar-refractivity contribution in [1.29, 1.82) is 0 Å². The molecule has 2 aromatic rings. The zero-order valence-electron chi connectivity index (χ0n) is 20.6. The molecular weight excluding hydrogens is 468 g/mol. The molecule has 0 spiro atoms. The van der Waals surface area contributed by atoms with Gasteiger partial charge in [-0.3, -0.25) is 0 Å². The Morgan fingerprint density at radius 2 is 0.912 bits per heavy atom. The minimum atomic E-state index is 0.751. The van der Waals surface area contributed by atoms with Crippen LogP contribution in [0.2, 0.25) is 0 Å². The van der Waals surface area contributed by atoms with Crippen LogP contribution in [0.5, 0.6) is 23.0 Å². The minimum Gasteiger partial charge on any atom is -0.497 e. The summed E-state index contributed by atoms with van der Waals surface area (Å²) in [6, 6.07) is 15.5. The van der Waals surface area contributed by atoms with Gasteiger partial charge in [-0.1, -0.05) is 21.6 Å². The van der Waals surface area contributed by atoms with Crippen molar-refractivity contribution in [2.45, 2.75) is 25.7 Å². The van der Waals surface area contributed by atoms with Crippen LogP contribution in [-0.2, 0) is 0 Å². The highest BCUT2D eigenvalue weighted by atomic mass is 33.1. The Bertz CT molecular complexity index is 669. The van der Waals surface area contributed by atoms with Gasteiger partial charge in [0.25, 0.3) is 0 Å². The van der Waals surface area contributed by atoms with E-state index in [1.165, 1.54) is 0 Å². The summed E-state index contributed by atoms with van der Waals surface area (Å²) < 4.78 is 21.8. The Hall–Kier alpha value is -1.74. The van der Waals surface area contributed by atoms with Gasteiger partial charge in [0.05, 0.1) is 27.4 Å². The first-order valence-corrected chi connectivity index (χ1v) is 14.5. The largest absolute Gasteiger partial charge is 0.497 e. The molecule has 0 fully saturated rings. The van der Waals surface area contributed by atoms with Crippen molar-refractivity contribution < 1.29 is 18.9 Å². The molecule has 190 valence electrons. The average molecular weight is 509 g/mol. The number of rotatable bonds is 21. The van der Waals surface area contributed by atoms with E-state index in [4.69, 9.17) is 18.9 Å². The topological polar surface area (TPSA) is 61.0 Å². The van der Waals surface area contributed by atoms with Crippen molar-refractivity contribution in [3.63, 3.8) is 0 Å². The lowest BCUT2D eigenvalue weighted by atomic mass is 10.3. The van der Waals surface area contributed by atoms with Crippen molar-refractivity contribution in [2.75, 3.05) is 65.1 Å². The zero-order valence-corrected chi connectivity index (χ0v) is 22.2. The first-order valence-electron chi connectivity index (χ1n) is 12.0. The van der Waals surface area contributed by atoms with Crippen LogP contribution in [0.15, 0.2) is 48.5 Å². The highest BCUT2D eigenvalue weighted by Crippen LogP contribution is 2.20. The third kappa shape index (κ3) is 13.8. The molecule has 0 aliphatic rings. The molecule has 2 aromatic carbocycles. The van der Waals surface area contributed by atoms with Crippen LogP contribution in [0, 0.1) is 0 Å². The van der Waals surface area contributed by atoms with Crippen LogP contribution in [-0.4, -0.2) is 65.1 Å². The van der Waals surface area contributed by atoms with Gasteiger partial charge in [-0.05, 0) is 87.3 Å². The first kappa shape index (κ1) is 28.5. The van der Waals surface area contributed by atoms with Crippen molar-refractivity contribution in [3.8, 4) is 23.0 Å². The molecular formula is C26H40N2O4S2. The minimum absolute atomic E-state index is 0.751. The molecule has 2 rings (SSSR count). The van der Waals surface area contributed by atoms with E-state index in [0.29, 0.717) is 0 Å². The summed E-state index contributed by atoms with van der Waals surface area (Å²) >= 11 is 0. The van der Waals surface area contributed by atoms with Crippen LogP contribution >= 0.6 is 21.6 Å². The number of benzene rings is 2. The van der Waals surface area contributed by atoms with Crippen molar-refractivity contribution in [1.82, 2.24) is 10.6 Å². The summed E-state index contributed by atoms with van der Waals surface area (Å²) in [6.07, 6.45) is 4.37. The molecule has 0 amide bonds. The summed E-state index contributed by atoms with van der Waals surface area (Å²) in [5.41, 5.74) is 0. The van der Waals surface area contributed by atoms with Crippen LogP contribution in [0.3, 0.4) is 0 Å². The van der Waals surface area contributed by atoms with Gasteiger partial charge in [0.15, 0.2) is 0 Å². The number of hydrogen-bond acceptors (Lipinski definition) is 8. The fraction of sp³-hybridized carbons (Fsp3) is 0.538. The predicted molar refractivity (Wildman–Crippen MR) is 146 cm³/mol. The fourth-order valence-corrected chi connectivity index (χ4v) is 4.92. The summed E-state index contributed by atoms with van der Waals surface area (Å²) in [5, 5.41) is 7.01. The van der Waals surface area contributed by atoms with Crippen LogP contribution in [0.4, 0.5) is 0 Å². The normalized spacial score (nSPS) is 10.8. The van der Waals surface area contributed by atoms with Crippen LogP contribution < -0.4 is 29.6 Å². The Labute approximate surface area is 213 Å². The van der Waals surface area contributed by atoms with E-state index in [0.717, 1.165) is 99.6 Å². The Kier molecular flexibility index (Phi) is 16.4. The molecule has 0 aliphatic carbocycles. The van der Waals surface area contributed by atoms with Gasteiger partial charge in [0.1, 0.15) is 23.0 Å². The SMILES string of the molecule is COc1ccc(OCCCCNCCSSCCNCCCCOc2ccc(OC)cc2)cc1. The number of hydrogen-bond donors (Lipinski definition) is 2. The molecule has 0 radical (unpaired) electrons. The maximum absolute atomic E-state index is 5.74. The van der Waals surface area contributed by atoms with Crippen LogP contribution in [0.25, 0.3) is 0 Å². The van der Waals surface area contributed by atoms with Crippen molar-refractivity contribution >= 4 is 21.6 Å². The molecule has 0 saturated heterocycles. The number of methoxy groups -OCH3 is 2. The third-order valence-corrected chi connectivity index (χ3v) is 7.37. The van der Waals surface area contributed by atoms with Crippen LogP contribution in [0.1, 0.15) is 25.7 Å². The molecule has 8 heteroatoms. The quantitative estimate of drug-likeness (QED) is 0.174. The molecule has 0 unspecified atom stereocenters. The average Bonchev–Trinajstić information content (AvgIpc) is 2.88. The molecule has 2 N–H and O–H groups in total. The standard InChI is InChI=1S/C26H40N2O4S2/c1-29-23-7-11-25(12-8-23)31-19-5-3-15-27-17-21-33-34-22-18-28-16-4-6-20-32-26-13-9-24(30-2)10-14-26/h7-14,27-28H,3-6,15-22H2,1-2H3. The third-order valence-electron chi connectivity index (χ3n) is 4.96. The number of unbranched alkanes of at least 4 members (excludes halogenated alkanes) is 2. The second-order valence-electron chi connectivity index (χ2n) is 7.61. The Morgan fingerprint density at radius 1 is 0.529 bits per heavy atom. The van der Waals surface area contributed by atoms with E-state index in [2.05, 4.69) is 10.6 Å². The summed E-state index contributed by atoms with van der Waals surface area (Å²) in [4.78, 5) is 0. The number of nitrogens with one attached hydrogen (secondary N) is 2. The molecule has 0 aromatic heterocycles. The molecule has 0 heterocycles. The lowest BCUT2D eigenvalue weighted by Gasteiger charge is -2.08. The van der Waals surface area contributed by atoms with Gasteiger partial charge < -0.3 is 29.6 Å². The van der Waals surface area contributed by atoms with E-state index in [9.17, 15) is 0 Å². The highest BCUT2D eigenvalue weighted by molar-refractivity contribution is 8.76. The van der Waals surface area contributed by atoms with E-state index < -0.39 is 0 Å². The smallest absolute Gasteiger partial charge is 0.119 e. The van der Waals surface area contributed by atoms with E-state index in [-0.39, 0.29) is 0 Å². The maximum atomic E-state index is 5.74. The maximum Gasteiger partial charge on any atom is 0.119 e. The van der Waals surface area contributed by atoms with Gasteiger partial charge in [-0.2, -0.15) is 0 Å². The molecule has 0 bridgehead atoms. The Balaban J connectivity index is 1.26. The first-order chi connectivity index (χ1) is 16.8. The van der Waals surface area contributed by atoms with Crippen molar-refractivity contribution in [3.05, 3.63) is 48.5 Å².